The lowest BCUT2D eigenvalue weighted by molar-refractivity contribution is -0.127. The third-order valence-corrected chi connectivity index (χ3v) is 5.04. The number of carbonyl (C=O) groups is 1. The predicted molar refractivity (Wildman–Crippen MR) is 112 cm³/mol. The first-order valence-corrected chi connectivity index (χ1v) is 9.28. The zero-order chi connectivity index (χ0) is 16.5. The van der Waals surface area contributed by atoms with Crippen molar-refractivity contribution in [1.82, 2.24) is 15.5 Å². The predicted octanol–water partition coefficient (Wildman–Crippen LogP) is 3.07. The molecule has 24 heavy (non-hydrogen) atoms. The molecule has 0 spiro atoms. The van der Waals surface area contributed by atoms with Gasteiger partial charge in [-0.3, -0.25) is 4.79 Å². The molecule has 2 rings (SSSR count). The second-order valence-corrected chi connectivity index (χ2v) is 7.30. The Morgan fingerprint density at radius 3 is 2.67 bits per heavy atom. The zero-order valence-electron chi connectivity index (χ0n) is 14.6. The van der Waals surface area contributed by atoms with Crippen LogP contribution in [0.25, 0.3) is 0 Å². The maximum Gasteiger partial charge on any atom is 0.243 e. The van der Waals surface area contributed by atoms with Gasteiger partial charge in [0.25, 0.3) is 0 Å². The molecule has 7 heteroatoms. The fraction of sp³-hybridized carbons (Fsp3) is 0.647. The minimum Gasteiger partial charge on any atom is -0.356 e. The molecule has 5 nitrogen and oxygen atoms in total. The van der Waals surface area contributed by atoms with Crippen LogP contribution in [-0.4, -0.2) is 44.0 Å². The highest BCUT2D eigenvalue weighted by molar-refractivity contribution is 14.0. The number of nitrogens with zero attached hydrogens (tertiary/aromatic N) is 2. The number of hydrogen-bond donors (Lipinski definition) is 2. The van der Waals surface area contributed by atoms with E-state index in [0.717, 1.165) is 25.0 Å². The van der Waals surface area contributed by atoms with Crippen LogP contribution in [0.15, 0.2) is 22.5 Å². The molecule has 1 fully saturated rings. The van der Waals surface area contributed by atoms with Gasteiger partial charge in [-0.25, -0.2) is 4.99 Å². The highest BCUT2D eigenvalue weighted by Crippen LogP contribution is 2.22. The summed E-state index contributed by atoms with van der Waals surface area (Å²) in [5.74, 6) is 1.47. The lowest BCUT2D eigenvalue weighted by Gasteiger charge is -2.23. The molecule has 0 radical (unpaired) electrons. The van der Waals surface area contributed by atoms with Gasteiger partial charge in [-0.1, -0.05) is 25.3 Å². The Hall–Kier alpha value is -0.830. The summed E-state index contributed by atoms with van der Waals surface area (Å²) in [6.45, 7) is 1.86. The summed E-state index contributed by atoms with van der Waals surface area (Å²) in [5.41, 5.74) is 0. The van der Waals surface area contributed by atoms with Crippen molar-refractivity contribution in [2.24, 2.45) is 10.9 Å². The normalized spacial score (nSPS) is 15.5. The molecule has 1 aliphatic carbocycles. The summed E-state index contributed by atoms with van der Waals surface area (Å²) >= 11 is 1.72. The van der Waals surface area contributed by atoms with Gasteiger partial charge in [0.2, 0.25) is 5.91 Å². The number of likely N-dealkylation sites (N-methyl/N-ethyl adjacent to an activating group) is 1. The van der Waals surface area contributed by atoms with E-state index in [1.54, 1.807) is 30.3 Å². The Morgan fingerprint density at radius 2 is 2.04 bits per heavy atom. The minimum absolute atomic E-state index is 0. The molecule has 0 saturated heterocycles. The minimum atomic E-state index is 0. The molecule has 0 aromatic carbocycles. The third kappa shape index (κ3) is 7.83. The van der Waals surface area contributed by atoms with Crippen LogP contribution in [0.1, 0.15) is 37.0 Å². The molecule has 1 aliphatic rings. The zero-order valence-corrected chi connectivity index (χ0v) is 17.7. The summed E-state index contributed by atoms with van der Waals surface area (Å²) in [4.78, 5) is 19.0. The van der Waals surface area contributed by atoms with Gasteiger partial charge in [0.05, 0.1) is 6.54 Å². The van der Waals surface area contributed by atoms with Gasteiger partial charge >= 0.3 is 0 Å². The molecule has 1 aromatic rings. The van der Waals surface area contributed by atoms with Crippen molar-refractivity contribution >= 4 is 47.2 Å². The van der Waals surface area contributed by atoms with Gasteiger partial charge in [0.15, 0.2) is 5.96 Å². The average Bonchev–Trinajstić information content (AvgIpc) is 3.08. The van der Waals surface area contributed by atoms with Crippen molar-refractivity contribution in [2.75, 3.05) is 27.2 Å². The van der Waals surface area contributed by atoms with Crippen LogP contribution in [0.5, 0.6) is 0 Å². The molecule has 1 heterocycles. The quantitative estimate of drug-likeness (QED) is 0.387. The molecule has 1 amide bonds. The van der Waals surface area contributed by atoms with Crippen LogP contribution >= 0.6 is 35.3 Å². The fourth-order valence-corrected chi connectivity index (χ4v) is 3.32. The molecule has 136 valence electrons. The number of halogens is 1. The number of hydrogen-bond acceptors (Lipinski definition) is 3. The third-order valence-electron chi connectivity index (χ3n) is 4.16. The van der Waals surface area contributed by atoms with Crippen LogP contribution in [0.3, 0.4) is 0 Å². The summed E-state index contributed by atoms with van der Waals surface area (Å²) in [7, 11) is 3.51. The lowest BCUT2D eigenvalue weighted by Crippen LogP contribution is -2.40. The molecule has 0 bridgehead atoms. The van der Waals surface area contributed by atoms with Crippen molar-refractivity contribution < 1.29 is 4.79 Å². The Bertz CT molecular complexity index is 499. The van der Waals surface area contributed by atoms with E-state index in [9.17, 15) is 4.79 Å². The van der Waals surface area contributed by atoms with E-state index in [-0.39, 0.29) is 36.4 Å². The maximum atomic E-state index is 11.8. The highest BCUT2D eigenvalue weighted by Gasteiger charge is 2.14. The molecule has 2 N–H and O–H groups in total. The fourth-order valence-electron chi connectivity index (χ4n) is 2.68. The van der Waals surface area contributed by atoms with Crippen LogP contribution in [0.4, 0.5) is 0 Å². The summed E-state index contributed by atoms with van der Waals surface area (Å²) in [6, 6.07) is 4.14. The van der Waals surface area contributed by atoms with Crippen LogP contribution in [0.2, 0.25) is 0 Å². The molecule has 1 aromatic heterocycles. The SMILES string of the molecule is CN(C)C(=O)CN=C(NCc1cccs1)NCC1CCCCC1.I. The Balaban J connectivity index is 0.00000288. The largest absolute Gasteiger partial charge is 0.356 e. The number of rotatable bonds is 6. The maximum absolute atomic E-state index is 11.8. The number of nitrogens with one attached hydrogen (secondary N) is 2. The van der Waals surface area contributed by atoms with Gasteiger partial charge in [-0.15, -0.1) is 35.3 Å². The number of amides is 1. The highest BCUT2D eigenvalue weighted by atomic mass is 127. The Morgan fingerprint density at radius 1 is 1.29 bits per heavy atom. The Labute approximate surface area is 166 Å². The van der Waals surface area contributed by atoms with E-state index in [2.05, 4.69) is 27.1 Å². The molecular weight excluding hydrogens is 435 g/mol. The lowest BCUT2D eigenvalue weighted by atomic mass is 9.89. The van der Waals surface area contributed by atoms with Crippen LogP contribution in [-0.2, 0) is 11.3 Å². The summed E-state index contributed by atoms with van der Waals surface area (Å²) in [6.07, 6.45) is 6.62. The molecule has 0 aliphatic heterocycles. The van der Waals surface area contributed by atoms with Crippen molar-refractivity contribution in [3.05, 3.63) is 22.4 Å². The second kappa shape index (κ2) is 11.7. The summed E-state index contributed by atoms with van der Waals surface area (Å²) in [5, 5.41) is 8.82. The van der Waals surface area contributed by atoms with Gasteiger partial charge in [0.1, 0.15) is 6.54 Å². The van der Waals surface area contributed by atoms with E-state index in [4.69, 9.17) is 0 Å². The standard InChI is InChI=1S/C17H28N4OS.HI/c1-21(2)16(22)13-20-17(19-12-15-9-6-10-23-15)18-11-14-7-4-3-5-8-14;/h6,9-10,14H,3-5,7-8,11-13H2,1-2H3,(H2,18,19,20);1H. The van der Waals surface area contributed by atoms with Crippen molar-refractivity contribution in [1.29, 1.82) is 0 Å². The van der Waals surface area contributed by atoms with Crippen LogP contribution in [0, 0.1) is 5.92 Å². The van der Waals surface area contributed by atoms with Crippen molar-refractivity contribution in [3.63, 3.8) is 0 Å². The van der Waals surface area contributed by atoms with Crippen molar-refractivity contribution in [3.8, 4) is 0 Å². The first-order chi connectivity index (χ1) is 11.1. The van der Waals surface area contributed by atoms with E-state index in [1.807, 2.05) is 6.07 Å². The van der Waals surface area contributed by atoms with E-state index < -0.39 is 0 Å². The second-order valence-electron chi connectivity index (χ2n) is 6.27. The first kappa shape index (κ1) is 21.2. The van der Waals surface area contributed by atoms with Gasteiger partial charge < -0.3 is 15.5 Å². The smallest absolute Gasteiger partial charge is 0.243 e. The van der Waals surface area contributed by atoms with E-state index in [1.165, 1.54) is 37.0 Å². The molecule has 0 atom stereocenters. The Kier molecular flexibility index (Phi) is 10.3. The molecule has 0 unspecified atom stereocenters. The monoisotopic (exact) mass is 464 g/mol. The van der Waals surface area contributed by atoms with Gasteiger partial charge in [0, 0.05) is 25.5 Å². The van der Waals surface area contributed by atoms with E-state index in [0.29, 0.717) is 0 Å². The van der Waals surface area contributed by atoms with Gasteiger partial charge in [-0.05, 0) is 30.2 Å². The molecular formula is C17H29IN4OS. The van der Waals surface area contributed by atoms with E-state index >= 15 is 0 Å². The van der Waals surface area contributed by atoms with Gasteiger partial charge in [-0.2, -0.15) is 0 Å². The first-order valence-electron chi connectivity index (χ1n) is 8.40. The number of thiophene rings is 1. The number of aliphatic imine (C=N–C) groups is 1. The number of guanidine groups is 1. The average molecular weight is 464 g/mol. The summed E-state index contributed by atoms with van der Waals surface area (Å²) < 4.78 is 0. The topological polar surface area (TPSA) is 56.7 Å². The molecule has 1 saturated carbocycles. The number of carbonyl (C=O) groups excluding carboxylic acids is 1. The van der Waals surface area contributed by atoms with Crippen LogP contribution < -0.4 is 10.6 Å². The van der Waals surface area contributed by atoms with Crippen molar-refractivity contribution in [2.45, 2.75) is 38.6 Å².